The zero-order valence-electron chi connectivity index (χ0n) is 27.0. The molecule has 4 aliphatic rings. The minimum absolute atomic E-state index is 0.0781. The molecule has 0 bridgehead atoms. The summed E-state index contributed by atoms with van der Waals surface area (Å²) in [6.45, 7) is 12.6. The van der Waals surface area contributed by atoms with E-state index in [2.05, 4.69) is 65.0 Å². The molecule has 6 rings (SSSR count). The molecule has 0 radical (unpaired) electrons. The maximum absolute atomic E-state index is 12.2. The van der Waals surface area contributed by atoms with Crippen LogP contribution < -0.4 is 10.4 Å². The lowest BCUT2D eigenvalue weighted by molar-refractivity contribution is -0.0568. The zero-order chi connectivity index (χ0) is 29.5. The van der Waals surface area contributed by atoms with Gasteiger partial charge in [-0.25, -0.2) is 0 Å². The SMILES string of the molecule is CC(C)CCCC(C)C1CCC2C3CC=C4CC(O[Si](O)(c5ccccc5)c5ccccc5)CCC4(C)C3CCC12C. The molecule has 1 N–H and O–H groups in total. The van der Waals surface area contributed by atoms with Gasteiger partial charge in [-0.3, -0.25) is 0 Å². The first-order valence-corrected chi connectivity index (χ1v) is 19.2. The summed E-state index contributed by atoms with van der Waals surface area (Å²) in [4.78, 5) is 12.2. The van der Waals surface area contributed by atoms with Crippen molar-refractivity contribution in [3.8, 4) is 0 Å². The van der Waals surface area contributed by atoms with E-state index in [0.29, 0.717) is 10.8 Å². The van der Waals surface area contributed by atoms with Crippen LogP contribution in [0.4, 0.5) is 0 Å². The molecule has 3 fully saturated rings. The molecule has 2 aromatic rings. The lowest BCUT2D eigenvalue weighted by Gasteiger charge is -2.58. The molecule has 42 heavy (non-hydrogen) atoms. The predicted molar refractivity (Wildman–Crippen MR) is 178 cm³/mol. The van der Waals surface area contributed by atoms with Crippen LogP contribution in [-0.4, -0.2) is 19.5 Å². The van der Waals surface area contributed by atoms with E-state index in [0.717, 1.165) is 58.7 Å². The first kappa shape index (κ1) is 30.3. The van der Waals surface area contributed by atoms with Gasteiger partial charge in [-0.2, -0.15) is 0 Å². The molecular weight excluding hydrogens is 529 g/mol. The second kappa shape index (κ2) is 12.0. The molecule has 3 heteroatoms. The van der Waals surface area contributed by atoms with Gasteiger partial charge in [0.1, 0.15) is 0 Å². The van der Waals surface area contributed by atoms with Crippen molar-refractivity contribution in [3.63, 3.8) is 0 Å². The summed E-state index contributed by atoms with van der Waals surface area (Å²) in [5.41, 5.74) is 2.47. The van der Waals surface area contributed by atoms with E-state index >= 15 is 0 Å². The average Bonchev–Trinajstić information content (AvgIpc) is 3.35. The standard InChI is InChI=1S/C39H56O2Si/c1-28(2)13-12-14-29(3)35-21-22-36-34-20-19-30-27-31(23-25-38(30,4)37(34)24-26-39(35,36)5)41-42(40,32-15-8-6-9-16-32)33-17-10-7-11-18-33/h6-11,15-19,28-29,31,34-37,40H,12-14,20-27H2,1-5H3. The van der Waals surface area contributed by atoms with Crippen molar-refractivity contribution >= 4 is 18.9 Å². The fourth-order valence-electron chi connectivity index (χ4n) is 10.6. The molecule has 0 heterocycles. The van der Waals surface area contributed by atoms with Gasteiger partial charge in [0, 0.05) is 0 Å². The molecule has 3 saturated carbocycles. The Kier molecular flexibility index (Phi) is 8.68. The normalized spacial score (nSPS) is 35.2. The summed E-state index contributed by atoms with van der Waals surface area (Å²) in [7, 11) is -3.29. The maximum Gasteiger partial charge on any atom is 0.404 e. The van der Waals surface area contributed by atoms with Gasteiger partial charge in [0.2, 0.25) is 0 Å². The van der Waals surface area contributed by atoms with Crippen LogP contribution in [0.2, 0.25) is 0 Å². The highest BCUT2D eigenvalue weighted by Crippen LogP contribution is 2.67. The number of hydrogen-bond acceptors (Lipinski definition) is 2. The molecule has 0 aliphatic heterocycles. The van der Waals surface area contributed by atoms with Crippen molar-refractivity contribution in [1.82, 2.24) is 0 Å². The van der Waals surface area contributed by atoms with Gasteiger partial charge < -0.3 is 9.22 Å². The second-order valence-electron chi connectivity index (χ2n) is 15.6. The maximum atomic E-state index is 12.2. The summed E-state index contributed by atoms with van der Waals surface area (Å²) >= 11 is 0. The van der Waals surface area contributed by atoms with E-state index in [1.807, 2.05) is 36.4 Å². The molecule has 228 valence electrons. The van der Waals surface area contributed by atoms with Crippen molar-refractivity contribution in [2.75, 3.05) is 0 Å². The largest absolute Gasteiger partial charge is 0.404 e. The molecule has 0 aromatic heterocycles. The molecule has 0 amide bonds. The molecule has 8 unspecified atom stereocenters. The van der Waals surface area contributed by atoms with Crippen LogP contribution in [0.1, 0.15) is 105 Å². The highest BCUT2D eigenvalue weighted by atomic mass is 28.4. The molecule has 0 spiro atoms. The number of benzene rings is 2. The Bertz CT molecular complexity index is 1180. The van der Waals surface area contributed by atoms with Crippen LogP contribution in [-0.2, 0) is 4.43 Å². The van der Waals surface area contributed by atoms with E-state index in [1.165, 1.54) is 57.8 Å². The molecule has 8 atom stereocenters. The van der Waals surface area contributed by atoms with Crippen molar-refractivity contribution in [1.29, 1.82) is 0 Å². The third-order valence-corrected chi connectivity index (χ3v) is 15.8. The van der Waals surface area contributed by atoms with Gasteiger partial charge >= 0.3 is 8.56 Å². The molecule has 2 nitrogen and oxygen atoms in total. The number of allylic oxidation sites excluding steroid dienone is 1. The quantitative estimate of drug-likeness (QED) is 0.236. The lowest BCUT2D eigenvalue weighted by Crippen LogP contribution is -2.63. The van der Waals surface area contributed by atoms with E-state index in [4.69, 9.17) is 4.43 Å². The third kappa shape index (κ3) is 5.41. The van der Waals surface area contributed by atoms with Gasteiger partial charge in [-0.1, -0.05) is 126 Å². The highest BCUT2D eigenvalue weighted by molar-refractivity contribution is 6.91. The highest BCUT2D eigenvalue weighted by Gasteiger charge is 2.59. The van der Waals surface area contributed by atoms with Gasteiger partial charge in [-0.05, 0) is 108 Å². The van der Waals surface area contributed by atoms with Gasteiger partial charge in [0.15, 0.2) is 0 Å². The van der Waals surface area contributed by atoms with Crippen molar-refractivity contribution in [2.24, 2.45) is 46.3 Å². The predicted octanol–water partition coefficient (Wildman–Crippen LogP) is 8.66. The first-order valence-electron chi connectivity index (χ1n) is 17.4. The van der Waals surface area contributed by atoms with E-state index < -0.39 is 8.56 Å². The zero-order valence-corrected chi connectivity index (χ0v) is 28.0. The van der Waals surface area contributed by atoms with Crippen molar-refractivity contribution < 1.29 is 9.22 Å². The number of rotatable bonds is 9. The minimum atomic E-state index is -3.29. The fourth-order valence-corrected chi connectivity index (χ4v) is 13.2. The van der Waals surface area contributed by atoms with E-state index in [-0.39, 0.29) is 6.10 Å². The summed E-state index contributed by atoms with van der Waals surface area (Å²) in [5, 5.41) is 1.89. The van der Waals surface area contributed by atoms with E-state index in [9.17, 15) is 4.80 Å². The third-order valence-electron chi connectivity index (χ3n) is 12.9. The van der Waals surface area contributed by atoms with Crippen LogP contribution in [0, 0.1) is 46.3 Å². The van der Waals surface area contributed by atoms with Gasteiger partial charge in [0.05, 0.1) is 6.10 Å². The topological polar surface area (TPSA) is 29.5 Å². The minimum Gasteiger partial charge on any atom is -0.404 e. The van der Waals surface area contributed by atoms with Gasteiger partial charge in [0.25, 0.3) is 0 Å². The van der Waals surface area contributed by atoms with Crippen LogP contribution in [0.3, 0.4) is 0 Å². The molecule has 0 saturated heterocycles. The first-order chi connectivity index (χ1) is 20.1. The summed E-state index contributed by atoms with van der Waals surface area (Å²) < 4.78 is 6.91. The van der Waals surface area contributed by atoms with Crippen molar-refractivity contribution in [2.45, 2.75) is 111 Å². The second-order valence-corrected chi connectivity index (χ2v) is 18.3. The molecular formula is C39H56O2Si. The Labute approximate surface area is 257 Å². The van der Waals surface area contributed by atoms with Gasteiger partial charge in [-0.15, -0.1) is 0 Å². The van der Waals surface area contributed by atoms with Crippen LogP contribution in [0.5, 0.6) is 0 Å². The molecule has 2 aromatic carbocycles. The summed E-state index contributed by atoms with van der Waals surface area (Å²) in [5.74, 6) is 5.17. The van der Waals surface area contributed by atoms with Crippen LogP contribution in [0.15, 0.2) is 72.3 Å². The Morgan fingerprint density at radius 3 is 2.14 bits per heavy atom. The van der Waals surface area contributed by atoms with E-state index in [1.54, 1.807) is 5.57 Å². The average molecular weight is 585 g/mol. The Morgan fingerprint density at radius 2 is 1.50 bits per heavy atom. The van der Waals surface area contributed by atoms with Crippen molar-refractivity contribution in [3.05, 3.63) is 72.3 Å². The number of fused-ring (bicyclic) bond motifs is 5. The smallest absolute Gasteiger partial charge is 0.404 e. The number of hydrogen-bond donors (Lipinski definition) is 1. The monoisotopic (exact) mass is 584 g/mol. The lowest BCUT2D eigenvalue weighted by atomic mass is 9.47. The fraction of sp³-hybridized carbons (Fsp3) is 0.641. The Balaban J connectivity index is 1.18. The Hall–Kier alpha value is -1.68. The summed E-state index contributed by atoms with van der Waals surface area (Å²) in [6.07, 6.45) is 17.2. The van der Waals surface area contributed by atoms with Crippen LogP contribution >= 0.6 is 0 Å². The Morgan fingerprint density at radius 1 is 0.833 bits per heavy atom. The molecule has 4 aliphatic carbocycles. The summed E-state index contributed by atoms with van der Waals surface area (Å²) in [6, 6.07) is 20.4. The van der Waals surface area contributed by atoms with Crippen LogP contribution in [0.25, 0.3) is 0 Å².